The maximum Gasteiger partial charge on any atom is 0.241 e. The second kappa shape index (κ2) is 7.84. The predicted octanol–water partition coefficient (Wildman–Crippen LogP) is 2.79. The number of halogens is 1. The van der Waals surface area contributed by atoms with E-state index in [-0.39, 0.29) is 10.5 Å². The fraction of sp³-hybridized carbons (Fsp3) is 0.250. The highest BCUT2D eigenvalue weighted by molar-refractivity contribution is 7.89. The molecule has 3 aromatic rings. The molecule has 0 saturated carbocycles. The SMILES string of the molecule is Cn1ccnc1C(NS(=O)(=O)c1ccc2c(c1)OCCCO2)c1ccccc1F. The van der Waals surface area contributed by atoms with Crippen molar-refractivity contribution in [1.29, 1.82) is 0 Å². The van der Waals surface area contributed by atoms with E-state index in [0.717, 1.165) is 0 Å². The first kappa shape index (κ1) is 19.4. The molecule has 2 heterocycles. The highest BCUT2D eigenvalue weighted by atomic mass is 32.2. The normalized spacial score (nSPS) is 15.0. The van der Waals surface area contributed by atoms with E-state index >= 15 is 0 Å². The zero-order chi connectivity index (χ0) is 20.4. The van der Waals surface area contributed by atoms with Crippen molar-refractivity contribution in [2.75, 3.05) is 13.2 Å². The first-order valence-electron chi connectivity index (χ1n) is 9.09. The van der Waals surface area contributed by atoms with Crippen molar-refractivity contribution in [3.63, 3.8) is 0 Å². The van der Waals surface area contributed by atoms with Crippen LogP contribution in [0.2, 0.25) is 0 Å². The van der Waals surface area contributed by atoms with Gasteiger partial charge in [-0.2, -0.15) is 4.72 Å². The molecule has 9 heteroatoms. The molecule has 1 aromatic heterocycles. The Morgan fingerprint density at radius 1 is 1.14 bits per heavy atom. The average Bonchev–Trinajstić information content (AvgIpc) is 2.98. The molecule has 2 aromatic carbocycles. The number of nitrogens with zero attached hydrogens (tertiary/aromatic N) is 2. The molecule has 0 aliphatic carbocycles. The van der Waals surface area contributed by atoms with Gasteiger partial charge in [0.15, 0.2) is 11.5 Å². The number of ether oxygens (including phenoxy) is 2. The van der Waals surface area contributed by atoms with Crippen LogP contribution in [0.5, 0.6) is 11.5 Å². The summed E-state index contributed by atoms with van der Waals surface area (Å²) in [6.45, 7) is 0.945. The summed E-state index contributed by atoms with van der Waals surface area (Å²) in [6, 6.07) is 9.43. The van der Waals surface area contributed by atoms with Crippen molar-refractivity contribution in [2.24, 2.45) is 7.05 Å². The summed E-state index contributed by atoms with van der Waals surface area (Å²) in [5.74, 6) is 0.705. The molecule has 0 bridgehead atoms. The molecule has 0 spiro atoms. The second-order valence-corrected chi connectivity index (χ2v) is 8.35. The van der Waals surface area contributed by atoms with Gasteiger partial charge in [0.25, 0.3) is 0 Å². The monoisotopic (exact) mass is 417 g/mol. The number of hydrogen-bond donors (Lipinski definition) is 1. The number of benzene rings is 2. The molecule has 1 N–H and O–H groups in total. The molecule has 0 saturated heterocycles. The Bertz CT molecular complexity index is 1130. The quantitative estimate of drug-likeness (QED) is 0.690. The minimum absolute atomic E-state index is 0.00250. The third kappa shape index (κ3) is 3.96. The topological polar surface area (TPSA) is 82.5 Å². The zero-order valence-electron chi connectivity index (χ0n) is 15.7. The number of fused-ring (bicyclic) bond motifs is 1. The zero-order valence-corrected chi connectivity index (χ0v) is 16.5. The summed E-state index contributed by atoms with van der Waals surface area (Å²) in [6.07, 6.45) is 3.92. The standard InChI is InChI=1S/C20H20FN3O4S/c1-24-10-9-22-20(24)19(15-5-2-3-6-16(15)21)23-29(25,26)14-7-8-17-18(13-14)28-12-4-11-27-17/h2-3,5-10,13,19,23H,4,11-12H2,1H3. The van der Waals surface area contributed by atoms with Gasteiger partial charge in [-0.15, -0.1) is 0 Å². The van der Waals surface area contributed by atoms with Crippen LogP contribution in [0, 0.1) is 5.82 Å². The first-order chi connectivity index (χ1) is 14.0. The van der Waals surface area contributed by atoms with Crippen LogP contribution in [0.1, 0.15) is 23.9 Å². The van der Waals surface area contributed by atoms with Gasteiger partial charge in [0.05, 0.1) is 18.1 Å². The minimum Gasteiger partial charge on any atom is -0.490 e. The van der Waals surface area contributed by atoms with Crippen LogP contribution < -0.4 is 14.2 Å². The summed E-state index contributed by atoms with van der Waals surface area (Å²) in [7, 11) is -2.30. The van der Waals surface area contributed by atoms with E-state index in [9.17, 15) is 12.8 Å². The molecule has 0 fully saturated rings. The number of sulfonamides is 1. The largest absolute Gasteiger partial charge is 0.490 e. The smallest absolute Gasteiger partial charge is 0.241 e. The fourth-order valence-electron chi connectivity index (χ4n) is 3.15. The Kier molecular flexibility index (Phi) is 5.25. The Morgan fingerprint density at radius 2 is 1.90 bits per heavy atom. The van der Waals surface area contributed by atoms with Crippen LogP contribution in [0.15, 0.2) is 59.8 Å². The van der Waals surface area contributed by atoms with Gasteiger partial charge >= 0.3 is 0 Å². The van der Waals surface area contributed by atoms with E-state index in [1.165, 1.54) is 30.5 Å². The summed E-state index contributed by atoms with van der Waals surface area (Å²) < 4.78 is 56.2. The van der Waals surface area contributed by atoms with E-state index in [0.29, 0.717) is 37.0 Å². The Balaban J connectivity index is 1.73. The number of imidazole rings is 1. The van der Waals surface area contributed by atoms with Crippen LogP contribution in [0.3, 0.4) is 0 Å². The van der Waals surface area contributed by atoms with Crippen molar-refractivity contribution in [3.8, 4) is 11.5 Å². The number of nitrogens with one attached hydrogen (secondary N) is 1. The van der Waals surface area contributed by atoms with E-state index in [2.05, 4.69) is 9.71 Å². The Labute approximate surface area is 168 Å². The maximum atomic E-state index is 14.5. The van der Waals surface area contributed by atoms with Gasteiger partial charge < -0.3 is 14.0 Å². The van der Waals surface area contributed by atoms with Gasteiger partial charge in [0.1, 0.15) is 17.7 Å². The van der Waals surface area contributed by atoms with E-state index in [1.54, 1.807) is 36.0 Å². The Hall–Kier alpha value is -2.91. The molecule has 29 heavy (non-hydrogen) atoms. The van der Waals surface area contributed by atoms with Gasteiger partial charge in [0, 0.05) is 37.5 Å². The summed E-state index contributed by atoms with van der Waals surface area (Å²) >= 11 is 0. The summed E-state index contributed by atoms with van der Waals surface area (Å²) in [5.41, 5.74) is 0.180. The molecule has 1 aliphatic rings. The third-order valence-electron chi connectivity index (χ3n) is 4.64. The molecule has 1 atom stereocenters. The van der Waals surface area contributed by atoms with Gasteiger partial charge in [-0.3, -0.25) is 0 Å². The van der Waals surface area contributed by atoms with Crippen molar-refractivity contribution in [1.82, 2.24) is 14.3 Å². The number of hydrogen-bond acceptors (Lipinski definition) is 5. The van der Waals surface area contributed by atoms with Gasteiger partial charge in [0.2, 0.25) is 10.0 Å². The van der Waals surface area contributed by atoms with E-state index < -0.39 is 21.9 Å². The molecule has 152 valence electrons. The van der Waals surface area contributed by atoms with E-state index in [4.69, 9.17) is 9.47 Å². The van der Waals surface area contributed by atoms with Crippen molar-refractivity contribution < 1.29 is 22.3 Å². The van der Waals surface area contributed by atoms with Crippen LogP contribution in [-0.4, -0.2) is 31.2 Å². The third-order valence-corrected chi connectivity index (χ3v) is 6.06. The lowest BCUT2D eigenvalue weighted by molar-refractivity contribution is 0.297. The van der Waals surface area contributed by atoms with E-state index in [1.807, 2.05) is 0 Å². The van der Waals surface area contributed by atoms with Gasteiger partial charge in [-0.1, -0.05) is 18.2 Å². The second-order valence-electron chi connectivity index (χ2n) is 6.63. The highest BCUT2D eigenvalue weighted by Gasteiger charge is 2.28. The molecular weight excluding hydrogens is 397 g/mol. The van der Waals surface area contributed by atoms with Crippen LogP contribution in [0.4, 0.5) is 4.39 Å². The number of rotatable bonds is 5. The minimum atomic E-state index is -4.02. The van der Waals surface area contributed by atoms with Gasteiger partial charge in [-0.25, -0.2) is 17.8 Å². The Morgan fingerprint density at radius 3 is 2.62 bits per heavy atom. The fourth-order valence-corrected chi connectivity index (χ4v) is 4.34. The van der Waals surface area contributed by atoms with Crippen LogP contribution in [0.25, 0.3) is 0 Å². The lowest BCUT2D eigenvalue weighted by atomic mass is 10.1. The number of aryl methyl sites for hydroxylation is 1. The van der Waals surface area contributed by atoms with Crippen molar-refractivity contribution >= 4 is 10.0 Å². The van der Waals surface area contributed by atoms with Crippen molar-refractivity contribution in [3.05, 3.63) is 72.1 Å². The lowest BCUT2D eigenvalue weighted by Crippen LogP contribution is -2.31. The predicted molar refractivity (Wildman–Crippen MR) is 104 cm³/mol. The maximum absolute atomic E-state index is 14.5. The van der Waals surface area contributed by atoms with Crippen LogP contribution >= 0.6 is 0 Å². The highest BCUT2D eigenvalue weighted by Crippen LogP contribution is 2.33. The average molecular weight is 417 g/mol. The van der Waals surface area contributed by atoms with Crippen molar-refractivity contribution in [2.45, 2.75) is 17.4 Å². The molecule has 1 aliphatic heterocycles. The molecule has 1 unspecified atom stereocenters. The lowest BCUT2D eigenvalue weighted by Gasteiger charge is -2.20. The number of aromatic nitrogens is 2. The molecule has 0 radical (unpaired) electrons. The molecule has 7 nitrogen and oxygen atoms in total. The first-order valence-corrected chi connectivity index (χ1v) is 10.6. The summed E-state index contributed by atoms with van der Waals surface area (Å²) in [4.78, 5) is 4.22. The molecule has 4 rings (SSSR count). The molecule has 0 amide bonds. The summed E-state index contributed by atoms with van der Waals surface area (Å²) in [5, 5.41) is 0. The van der Waals surface area contributed by atoms with Gasteiger partial charge in [-0.05, 0) is 18.2 Å². The molecular formula is C20H20FN3O4S. The van der Waals surface area contributed by atoms with Crippen LogP contribution in [-0.2, 0) is 17.1 Å².